The second-order valence-corrected chi connectivity index (χ2v) is 12.8. The predicted octanol–water partition coefficient (Wildman–Crippen LogP) is 5.79. The van der Waals surface area contributed by atoms with Crippen LogP contribution >= 0.6 is 11.6 Å². The largest absolute Gasteiger partial charge is 0.611 e. The van der Waals surface area contributed by atoms with E-state index in [0.29, 0.717) is 40.7 Å². The van der Waals surface area contributed by atoms with Gasteiger partial charge in [0, 0.05) is 47.4 Å². The minimum atomic E-state index is -4.97. The topological polar surface area (TPSA) is 103 Å². The molecule has 1 aliphatic rings. The van der Waals surface area contributed by atoms with Crippen molar-refractivity contribution in [1.29, 1.82) is 0 Å². The van der Waals surface area contributed by atoms with E-state index < -0.39 is 40.9 Å². The number of nitrogens with one attached hydrogen (secondary N) is 2. The lowest BCUT2D eigenvalue weighted by molar-refractivity contribution is -0.275. The summed E-state index contributed by atoms with van der Waals surface area (Å²) in [4.78, 5) is 27.5. The second kappa shape index (κ2) is 14.0. The maximum Gasteiger partial charge on any atom is 0.573 e. The van der Waals surface area contributed by atoms with E-state index in [1.807, 2.05) is 4.90 Å². The normalized spacial score (nSPS) is 17.0. The Morgan fingerprint density at radius 1 is 1.15 bits per heavy atom. The Labute approximate surface area is 246 Å². The molecule has 2 amide bonds. The first-order chi connectivity index (χ1) is 19.1. The van der Waals surface area contributed by atoms with Gasteiger partial charge in [0.15, 0.2) is 4.90 Å². The number of hydrogen-bond acceptors (Lipinski definition) is 6. The Morgan fingerprint density at radius 2 is 1.88 bits per heavy atom. The fraction of sp³-hybridized carbons (Fsp3) is 0.500. The first-order valence-corrected chi connectivity index (χ1v) is 14.9. The molecule has 13 heteroatoms. The third-order valence-electron chi connectivity index (χ3n) is 6.14. The number of nitrogens with zero attached hydrogens (tertiary/aromatic N) is 1. The molecule has 0 aromatic heterocycles. The molecule has 2 atom stereocenters. The first kappa shape index (κ1) is 32.8. The van der Waals surface area contributed by atoms with Crippen molar-refractivity contribution in [2.75, 3.05) is 18.8 Å². The molecule has 0 radical (unpaired) electrons. The Hall–Kier alpha value is -2.67. The van der Waals surface area contributed by atoms with Crippen LogP contribution in [0.5, 0.6) is 5.75 Å². The summed E-state index contributed by atoms with van der Waals surface area (Å²) in [6.07, 6.45) is -4.08. The monoisotopic (exact) mass is 617 g/mol. The molecule has 2 N–H and O–H groups in total. The van der Waals surface area contributed by atoms with E-state index in [1.54, 1.807) is 45.9 Å². The van der Waals surface area contributed by atoms with E-state index in [2.05, 4.69) is 15.4 Å². The highest BCUT2D eigenvalue weighted by Crippen LogP contribution is 2.30. The van der Waals surface area contributed by atoms with Crippen molar-refractivity contribution in [1.82, 2.24) is 15.5 Å². The van der Waals surface area contributed by atoms with Crippen LogP contribution in [0.25, 0.3) is 0 Å². The van der Waals surface area contributed by atoms with Gasteiger partial charge < -0.3 is 24.7 Å². The van der Waals surface area contributed by atoms with E-state index in [-0.39, 0.29) is 30.3 Å². The first-order valence-electron chi connectivity index (χ1n) is 13.2. The lowest BCUT2D eigenvalue weighted by Gasteiger charge is -2.34. The molecule has 1 fully saturated rings. The van der Waals surface area contributed by atoms with Crippen molar-refractivity contribution in [2.45, 2.75) is 76.5 Å². The zero-order valence-electron chi connectivity index (χ0n) is 23.4. The van der Waals surface area contributed by atoms with Gasteiger partial charge in [-0.2, -0.15) is 0 Å². The molecule has 1 saturated heterocycles. The molecule has 2 aromatic rings. The van der Waals surface area contributed by atoms with E-state index in [0.717, 1.165) is 12.5 Å². The Balaban J connectivity index is 1.73. The van der Waals surface area contributed by atoms with Gasteiger partial charge in [0.1, 0.15) is 17.1 Å². The summed E-state index contributed by atoms with van der Waals surface area (Å²) in [5, 5.41) is 5.88. The fourth-order valence-corrected chi connectivity index (χ4v) is 5.57. The highest BCUT2D eigenvalue weighted by molar-refractivity contribution is 7.91. The average Bonchev–Trinajstić information content (AvgIpc) is 2.86. The summed E-state index contributed by atoms with van der Waals surface area (Å²) in [5.74, 6) is -0.740. The predicted molar refractivity (Wildman–Crippen MR) is 150 cm³/mol. The van der Waals surface area contributed by atoms with Crippen molar-refractivity contribution < 1.29 is 36.8 Å². The SMILES string of the molecule is CC[S+]([O-])c1ccc(Cl)cc1CNC(=O)c1ccc(CN2CCC[C@@H](NC(=O)OC(C)(C)C)C2)c(OC(F)(F)F)c1. The lowest BCUT2D eigenvalue weighted by atomic mass is 10.0. The number of alkyl carbamates (subject to hydrolysis) is 1. The number of benzene rings is 2. The van der Waals surface area contributed by atoms with Gasteiger partial charge in [0.05, 0.1) is 0 Å². The van der Waals surface area contributed by atoms with Gasteiger partial charge in [0.25, 0.3) is 5.91 Å². The minimum absolute atomic E-state index is 0.0164. The highest BCUT2D eigenvalue weighted by Gasteiger charge is 2.33. The molecule has 3 rings (SSSR count). The Bertz CT molecular complexity index is 1230. The number of halogens is 4. The van der Waals surface area contributed by atoms with Crippen molar-refractivity contribution in [3.05, 3.63) is 58.1 Å². The van der Waals surface area contributed by atoms with Crippen molar-refractivity contribution in [2.24, 2.45) is 0 Å². The molecule has 0 aliphatic carbocycles. The van der Waals surface area contributed by atoms with Gasteiger partial charge in [-0.25, -0.2) is 4.79 Å². The Morgan fingerprint density at radius 3 is 2.54 bits per heavy atom. The molecular weight excluding hydrogens is 583 g/mol. The van der Waals surface area contributed by atoms with Crippen molar-refractivity contribution in [3.8, 4) is 5.75 Å². The third-order valence-corrected chi connectivity index (χ3v) is 7.79. The number of rotatable bonds is 9. The van der Waals surface area contributed by atoms with E-state index in [9.17, 15) is 27.3 Å². The van der Waals surface area contributed by atoms with Crippen LogP contribution in [0.1, 0.15) is 62.0 Å². The quantitative estimate of drug-likeness (QED) is 0.346. The van der Waals surface area contributed by atoms with Gasteiger partial charge >= 0.3 is 12.5 Å². The standard InChI is InChI=1S/C28H35ClF3N3O5S/c1-5-41(38)24-11-10-21(29)13-20(24)15-33-25(36)18-8-9-19(23(14-18)39-28(30,31)32)16-35-12-6-7-22(17-35)34-26(37)40-27(2,3)4/h8-11,13-14,22H,5-7,12,15-17H2,1-4H3,(H,33,36)(H,34,37)/t22-,41?/m1/s1. The maximum atomic E-state index is 13.3. The van der Waals surface area contributed by atoms with Gasteiger partial charge in [0.2, 0.25) is 0 Å². The zero-order valence-corrected chi connectivity index (χ0v) is 25.0. The summed E-state index contributed by atoms with van der Waals surface area (Å²) in [6.45, 7) is 8.17. The summed E-state index contributed by atoms with van der Waals surface area (Å²) >= 11 is 4.78. The number of amides is 2. The molecule has 41 heavy (non-hydrogen) atoms. The van der Waals surface area contributed by atoms with Crippen molar-refractivity contribution in [3.63, 3.8) is 0 Å². The number of alkyl halides is 3. The Kier molecular flexibility index (Phi) is 11.2. The molecular formula is C28H35ClF3N3O5S. The van der Waals surface area contributed by atoms with Crippen LogP contribution < -0.4 is 15.4 Å². The van der Waals surface area contributed by atoms with Crippen LogP contribution in [0.2, 0.25) is 5.02 Å². The number of ether oxygens (including phenoxy) is 2. The fourth-order valence-electron chi connectivity index (χ4n) is 4.42. The lowest BCUT2D eigenvalue weighted by Crippen LogP contribution is -2.48. The number of carbonyl (C=O) groups excluding carboxylic acids is 2. The smallest absolute Gasteiger partial charge is 0.573 e. The number of likely N-dealkylation sites (tertiary alicyclic amines) is 1. The highest BCUT2D eigenvalue weighted by atomic mass is 35.5. The van der Waals surface area contributed by atoms with Gasteiger partial charge in [-0.15, -0.1) is 13.2 Å². The summed E-state index contributed by atoms with van der Waals surface area (Å²) < 4.78 is 61.9. The summed E-state index contributed by atoms with van der Waals surface area (Å²) in [6, 6.07) is 8.51. The van der Waals surface area contributed by atoms with E-state index in [4.69, 9.17) is 16.3 Å². The van der Waals surface area contributed by atoms with E-state index >= 15 is 0 Å². The number of carbonyl (C=O) groups is 2. The molecule has 8 nitrogen and oxygen atoms in total. The van der Waals surface area contributed by atoms with Crippen LogP contribution in [-0.4, -0.2) is 58.3 Å². The number of piperidine rings is 1. The molecule has 1 heterocycles. The second-order valence-electron chi connectivity index (χ2n) is 10.7. The van der Waals surface area contributed by atoms with Crippen LogP contribution in [0.4, 0.5) is 18.0 Å². The molecule has 0 spiro atoms. The van der Waals surface area contributed by atoms with Crippen LogP contribution in [0, 0.1) is 0 Å². The number of hydrogen-bond donors (Lipinski definition) is 2. The van der Waals surface area contributed by atoms with Gasteiger partial charge in [-0.1, -0.05) is 17.7 Å². The minimum Gasteiger partial charge on any atom is -0.611 e. The molecule has 226 valence electrons. The van der Waals surface area contributed by atoms with Crippen LogP contribution in [0.3, 0.4) is 0 Å². The molecule has 0 bridgehead atoms. The molecule has 0 saturated carbocycles. The molecule has 1 unspecified atom stereocenters. The summed E-state index contributed by atoms with van der Waals surface area (Å²) in [5.41, 5.74) is 0.110. The maximum absolute atomic E-state index is 13.3. The zero-order chi connectivity index (χ0) is 30.4. The van der Waals surface area contributed by atoms with Crippen LogP contribution in [0.15, 0.2) is 41.3 Å². The summed E-state index contributed by atoms with van der Waals surface area (Å²) in [7, 11) is 0. The van der Waals surface area contributed by atoms with Gasteiger partial charge in [-0.05, 0) is 88.6 Å². The average molecular weight is 618 g/mol. The molecule has 1 aliphatic heterocycles. The van der Waals surface area contributed by atoms with Crippen molar-refractivity contribution >= 4 is 34.8 Å². The van der Waals surface area contributed by atoms with Gasteiger partial charge in [-0.3, -0.25) is 9.69 Å². The van der Waals surface area contributed by atoms with E-state index in [1.165, 1.54) is 12.1 Å². The van der Waals surface area contributed by atoms with Crippen LogP contribution in [-0.2, 0) is 29.0 Å². The molecule has 2 aromatic carbocycles. The third kappa shape index (κ3) is 10.6.